The van der Waals surface area contributed by atoms with Gasteiger partial charge in [0.15, 0.2) is 0 Å². The van der Waals surface area contributed by atoms with Gasteiger partial charge in [-0.05, 0) is 39.1 Å². The minimum Gasteiger partial charge on any atom is -0.481 e. The van der Waals surface area contributed by atoms with Gasteiger partial charge in [-0.1, -0.05) is 18.2 Å². The molecule has 2 aromatic heterocycles. The number of para-hydroxylation sites is 1. The van der Waals surface area contributed by atoms with Gasteiger partial charge in [-0.2, -0.15) is 0 Å². The van der Waals surface area contributed by atoms with Crippen LogP contribution in [0.25, 0.3) is 17.1 Å². The third kappa shape index (κ3) is 4.37. The lowest BCUT2D eigenvalue weighted by molar-refractivity contribution is 0.0908. The number of pyridine rings is 1. The SMILES string of the molecule is CNCC(C)(C)NC(=O)c1cn(-c2ccccc2)c(-c2ccc(OC)nc2)n1. The van der Waals surface area contributed by atoms with Crippen molar-refractivity contribution in [1.29, 1.82) is 0 Å². The van der Waals surface area contributed by atoms with Gasteiger partial charge in [0, 0.05) is 41.8 Å². The molecule has 0 bridgehead atoms. The molecule has 0 aliphatic heterocycles. The van der Waals surface area contributed by atoms with Crippen LogP contribution in [0.5, 0.6) is 5.88 Å². The first-order chi connectivity index (χ1) is 13.4. The maximum atomic E-state index is 12.8. The molecule has 28 heavy (non-hydrogen) atoms. The van der Waals surface area contributed by atoms with Gasteiger partial charge in [0.2, 0.25) is 5.88 Å². The van der Waals surface area contributed by atoms with E-state index < -0.39 is 5.54 Å². The predicted molar refractivity (Wildman–Crippen MR) is 109 cm³/mol. The summed E-state index contributed by atoms with van der Waals surface area (Å²) in [5.41, 5.74) is 1.65. The molecule has 0 spiro atoms. The summed E-state index contributed by atoms with van der Waals surface area (Å²) in [7, 11) is 3.43. The summed E-state index contributed by atoms with van der Waals surface area (Å²) in [5.74, 6) is 0.934. The van der Waals surface area contributed by atoms with Gasteiger partial charge in [-0.3, -0.25) is 9.36 Å². The normalized spacial score (nSPS) is 11.3. The van der Waals surface area contributed by atoms with Crippen LogP contribution in [0.15, 0.2) is 54.9 Å². The van der Waals surface area contributed by atoms with Crippen molar-refractivity contribution in [2.45, 2.75) is 19.4 Å². The molecule has 0 fully saturated rings. The van der Waals surface area contributed by atoms with Crippen LogP contribution in [0, 0.1) is 0 Å². The number of aromatic nitrogens is 3. The van der Waals surface area contributed by atoms with E-state index in [2.05, 4.69) is 20.6 Å². The number of ether oxygens (including phenoxy) is 1. The first-order valence-corrected chi connectivity index (χ1v) is 9.06. The van der Waals surface area contributed by atoms with Crippen LogP contribution in [0.4, 0.5) is 0 Å². The Morgan fingerprint density at radius 2 is 1.93 bits per heavy atom. The second-order valence-electron chi connectivity index (χ2n) is 7.11. The minimum atomic E-state index is -0.399. The highest BCUT2D eigenvalue weighted by molar-refractivity contribution is 5.93. The zero-order valence-corrected chi connectivity index (χ0v) is 16.6. The number of likely N-dealkylation sites (N-methyl/N-ethyl adjacent to an activating group) is 1. The van der Waals surface area contributed by atoms with E-state index in [0.717, 1.165) is 11.3 Å². The summed E-state index contributed by atoms with van der Waals surface area (Å²) < 4.78 is 7.03. The first kappa shape index (κ1) is 19.6. The van der Waals surface area contributed by atoms with Crippen molar-refractivity contribution in [3.63, 3.8) is 0 Å². The van der Waals surface area contributed by atoms with Crippen molar-refractivity contribution in [3.05, 3.63) is 60.6 Å². The Morgan fingerprint density at radius 3 is 2.54 bits per heavy atom. The zero-order chi connectivity index (χ0) is 20.1. The topological polar surface area (TPSA) is 81.1 Å². The molecule has 7 heteroatoms. The maximum absolute atomic E-state index is 12.8. The number of hydrogen-bond donors (Lipinski definition) is 2. The molecule has 2 N–H and O–H groups in total. The molecule has 7 nitrogen and oxygen atoms in total. The van der Waals surface area contributed by atoms with Crippen molar-refractivity contribution in [2.24, 2.45) is 0 Å². The van der Waals surface area contributed by atoms with E-state index in [4.69, 9.17) is 4.74 Å². The quantitative estimate of drug-likeness (QED) is 0.660. The Bertz CT molecular complexity index is 933. The van der Waals surface area contributed by atoms with E-state index in [0.29, 0.717) is 23.9 Å². The van der Waals surface area contributed by atoms with E-state index >= 15 is 0 Å². The van der Waals surface area contributed by atoms with Gasteiger partial charge in [0.05, 0.1) is 7.11 Å². The van der Waals surface area contributed by atoms with E-state index in [1.165, 1.54) is 0 Å². The highest BCUT2D eigenvalue weighted by Gasteiger charge is 2.23. The lowest BCUT2D eigenvalue weighted by atomic mass is 10.1. The molecule has 146 valence electrons. The molecule has 0 saturated carbocycles. The standard InChI is InChI=1S/C21H25N5O2/c1-21(2,14-22-3)25-20(27)17-13-26(16-8-6-5-7-9-16)19(24-17)15-10-11-18(28-4)23-12-15/h5-13,22H,14H2,1-4H3,(H,25,27). The molecule has 2 heterocycles. The second kappa shape index (κ2) is 8.22. The summed E-state index contributed by atoms with van der Waals surface area (Å²) in [6, 6.07) is 13.4. The number of methoxy groups -OCH3 is 1. The summed E-state index contributed by atoms with van der Waals surface area (Å²) in [5, 5.41) is 6.11. The number of nitrogens with one attached hydrogen (secondary N) is 2. The van der Waals surface area contributed by atoms with Crippen LogP contribution in [0.1, 0.15) is 24.3 Å². The molecule has 0 saturated heterocycles. The van der Waals surface area contributed by atoms with Crippen molar-refractivity contribution in [2.75, 3.05) is 20.7 Å². The highest BCUT2D eigenvalue weighted by atomic mass is 16.5. The van der Waals surface area contributed by atoms with E-state index in [9.17, 15) is 4.79 Å². The summed E-state index contributed by atoms with van der Waals surface area (Å²) >= 11 is 0. The lowest BCUT2D eigenvalue weighted by Gasteiger charge is -2.25. The minimum absolute atomic E-state index is 0.224. The van der Waals surface area contributed by atoms with Crippen LogP contribution < -0.4 is 15.4 Å². The maximum Gasteiger partial charge on any atom is 0.271 e. The van der Waals surface area contributed by atoms with E-state index in [1.54, 1.807) is 25.6 Å². The van der Waals surface area contributed by atoms with Crippen molar-refractivity contribution >= 4 is 5.91 Å². The Labute approximate surface area is 164 Å². The summed E-state index contributed by atoms with van der Waals surface area (Å²) in [6.45, 7) is 4.57. The number of nitrogens with zero attached hydrogens (tertiary/aromatic N) is 3. The molecule has 0 aliphatic rings. The highest BCUT2D eigenvalue weighted by Crippen LogP contribution is 2.24. The predicted octanol–water partition coefficient (Wildman–Crippen LogP) is 2.67. The molecule has 0 atom stereocenters. The molecule has 3 aromatic rings. The third-order valence-electron chi connectivity index (χ3n) is 4.25. The lowest BCUT2D eigenvalue weighted by Crippen LogP contribution is -2.49. The number of amides is 1. The molecule has 0 radical (unpaired) electrons. The third-order valence-corrected chi connectivity index (χ3v) is 4.25. The van der Waals surface area contributed by atoms with Gasteiger partial charge in [-0.15, -0.1) is 0 Å². The molecular formula is C21H25N5O2. The molecule has 3 rings (SSSR count). The smallest absolute Gasteiger partial charge is 0.271 e. The van der Waals surface area contributed by atoms with Crippen molar-refractivity contribution < 1.29 is 9.53 Å². The van der Waals surface area contributed by atoms with Crippen molar-refractivity contribution in [3.8, 4) is 23.0 Å². The average molecular weight is 379 g/mol. The number of hydrogen-bond acceptors (Lipinski definition) is 5. The number of benzene rings is 1. The number of rotatable bonds is 7. The average Bonchev–Trinajstić information content (AvgIpc) is 3.14. The van der Waals surface area contributed by atoms with E-state index in [-0.39, 0.29) is 5.91 Å². The van der Waals surface area contributed by atoms with Crippen LogP contribution >= 0.6 is 0 Å². The van der Waals surface area contributed by atoms with Crippen molar-refractivity contribution in [1.82, 2.24) is 25.2 Å². The van der Waals surface area contributed by atoms with Gasteiger partial charge >= 0.3 is 0 Å². The monoisotopic (exact) mass is 379 g/mol. The fraction of sp³-hybridized carbons (Fsp3) is 0.286. The molecular weight excluding hydrogens is 354 g/mol. The van der Waals surface area contributed by atoms with Gasteiger partial charge in [0.1, 0.15) is 11.5 Å². The summed E-state index contributed by atoms with van der Waals surface area (Å²) in [4.78, 5) is 21.7. The fourth-order valence-corrected chi connectivity index (χ4v) is 2.97. The van der Waals surface area contributed by atoms with Gasteiger partial charge < -0.3 is 15.4 Å². The van der Waals surface area contributed by atoms with Crippen LogP contribution in [0.3, 0.4) is 0 Å². The molecule has 1 amide bonds. The Balaban J connectivity index is 2.01. The molecule has 0 aliphatic carbocycles. The number of imidazole rings is 1. The summed E-state index contributed by atoms with van der Waals surface area (Å²) in [6.07, 6.45) is 3.44. The van der Waals surface area contributed by atoms with Crippen LogP contribution in [-0.2, 0) is 0 Å². The number of carbonyl (C=O) groups excluding carboxylic acids is 1. The van der Waals surface area contributed by atoms with Gasteiger partial charge in [-0.25, -0.2) is 9.97 Å². The Morgan fingerprint density at radius 1 is 1.18 bits per heavy atom. The Kier molecular flexibility index (Phi) is 5.75. The molecule has 1 aromatic carbocycles. The zero-order valence-electron chi connectivity index (χ0n) is 16.6. The number of carbonyl (C=O) groups is 1. The van der Waals surface area contributed by atoms with E-state index in [1.807, 2.05) is 61.9 Å². The first-order valence-electron chi connectivity index (χ1n) is 9.06. The molecule has 0 unspecified atom stereocenters. The van der Waals surface area contributed by atoms with Crippen LogP contribution in [0.2, 0.25) is 0 Å². The Hall–Kier alpha value is -3.19. The second-order valence-corrected chi connectivity index (χ2v) is 7.11. The largest absolute Gasteiger partial charge is 0.481 e. The van der Waals surface area contributed by atoms with Crippen LogP contribution in [-0.4, -0.2) is 46.7 Å². The fourth-order valence-electron chi connectivity index (χ4n) is 2.97. The van der Waals surface area contributed by atoms with Gasteiger partial charge in [0.25, 0.3) is 5.91 Å².